The molecule has 0 amide bonds. The molecule has 0 saturated heterocycles. The first-order valence-corrected chi connectivity index (χ1v) is 7.62. The summed E-state index contributed by atoms with van der Waals surface area (Å²) >= 11 is 3.44. The Hall–Kier alpha value is -2.14. The lowest BCUT2D eigenvalue weighted by atomic mass is 10.0. The molecule has 1 heterocycles. The molecule has 2 N–H and O–H groups in total. The van der Waals surface area contributed by atoms with Gasteiger partial charge >= 0.3 is 5.97 Å². The fourth-order valence-corrected chi connectivity index (χ4v) is 2.94. The molecule has 0 aliphatic heterocycles. The summed E-state index contributed by atoms with van der Waals surface area (Å²) in [6.45, 7) is 0. The number of nitrogens with one attached hydrogen (secondary N) is 1. The van der Waals surface area contributed by atoms with E-state index in [0.29, 0.717) is 6.42 Å². The zero-order valence-electron chi connectivity index (χ0n) is 11.6. The van der Waals surface area contributed by atoms with Gasteiger partial charge in [0.1, 0.15) is 5.82 Å². The quantitative estimate of drug-likeness (QED) is 0.704. The lowest BCUT2D eigenvalue weighted by Gasteiger charge is -2.04. The second kappa shape index (κ2) is 5.93. The van der Waals surface area contributed by atoms with Crippen molar-refractivity contribution >= 4 is 32.8 Å². The molecule has 22 heavy (non-hydrogen) atoms. The highest BCUT2D eigenvalue weighted by Crippen LogP contribution is 2.33. The highest BCUT2D eigenvalue weighted by molar-refractivity contribution is 9.10. The lowest BCUT2D eigenvalue weighted by Crippen LogP contribution is -1.98. The Labute approximate surface area is 134 Å². The number of carboxylic acid groups (broad SMARTS) is 1. The summed E-state index contributed by atoms with van der Waals surface area (Å²) in [5.41, 5.74) is 3.55. The van der Waals surface area contributed by atoms with Gasteiger partial charge < -0.3 is 10.1 Å². The normalized spacial score (nSPS) is 11.0. The molecule has 2 aromatic carbocycles. The Balaban J connectivity index is 2.16. The van der Waals surface area contributed by atoms with Crippen molar-refractivity contribution in [1.82, 2.24) is 4.98 Å². The van der Waals surface area contributed by atoms with E-state index < -0.39 is 5.97 Å². The Kier molecular flexibility index (Phi) is 3.98. The van der Waals surface area contributed by atoms with Crippen LogP contribution in [0, 0.1) is 5.82 Å². The van der Waals surface area contributed by atoms with E-state index in [4.69, 9.17) is 5.11 Å². The number of H-pyrrole nitrogens is 1. The number of hydrogen-bond donors (Lipinski definition) is 2. The van der Waals surface area contributed by atoms with Crippen LogP contribution < -0.4 is 0 Å². The van der Waals surface area contributed by atoms with E-state index in [1.165, 1.54) is 12.1 Å². The number of aromatic nitrogens is 1. The molecule has 1 aromatic heterocycles. The third-order valence-electron chi connectivity index (χ3n) is 3.59. The van der Waals surface area contributed by atoms with Crippen LogP contribution in [0.25, 0.3) is 22.2 Å². The molecular formula is C17H13BrFNO2. The van der Waals surface area contributed by atoms with Crippen LogP contribution in [0.2, 0.25) is 0 Å². The van der Waals surface area contributed by atoms with E-state index in [-0.39, 0.29) is 12.2 Å². The SMILES string of the molecule is O=C(O)CCc1c(-c2ccc(F)cc2)[nH]c2ccc(Br)cc12. The maximum absolute atomic E-state index is 13.1. The number of aromatic amines is 1. The largest absolute Gasteiger partial charge is 0.481 e. The van der Waals surface area contributed by atoms with Gasteiger partial charge in [0, 0.05) is 27.5 Å². The fraction of sp³-hybridized carbons (Fsp3) is 0.118. The first kappa shape index (κ1) is 14.8. The van der Waals surface area contributed by atoms with Gasteiger partial charge in [0.2, 0.25) is 0 Å². The number of halogens is 2. The highest BCUT2D eigenvalue weighted by atomic mass is 79.9. The minimum atomic E-state index is -0.839. The van der Waals surface area contributed by atoms with Crippen LogP contribution in [0.15, 0.2) is 46.9 Å². The number of aryl methyl sites for hydroxylation is 1. The molecule has 5 heteroatoms. The molecular weight excluding hydrogens is 349 g/mol. The van der Waals surface area contributed by atoms with Crippen LogP contribution in [0.3, 0.4) is 0 Å². The molecule has 0 radical (unpaired) electrons. The van der Waals surface area contributed by atoms with Gasteiger partial charge in [0.25, 0.3) is 0 Å². The van der Waals surface area contributed by atoms with Crippen molar-refractivity contribution in [1.29, 1.82) is 0 Å². The minimum Gasteiger partial charge on any atom is -0.481 e. The van der Waals surface area contributed by atoms with Crippen LogP contribution >= 0.6 is 15.9 Å². The summed E-state index contributed by atoms with van der Waals surface area (Å²) in [7, 11) is 0. The molecule has 0 atom stereocenters. The van der Waals surface area contributed by atoms with Gasteiger partial charge in [-0.3, -0.25) is 4.79 Å². The summed E-state index contributed by atoms with van der Waals surface area (Å²) < 4.78 is 14.1. The number of carboxylic acids is 1. The van der Waals surface area contributed by atoms with Crippen LogP contribution in [0.5, 0.6) is 0 Å². The average molecular weight is 362 g/mol. The zero-order valence-corrected chi connectivity index (χ0v) is 13.2. The van der Waals surface area contributed by atoms with E-state index in [9.17, 15) is 9.18 Å². The molecule has 3 aromatic rings. The third kappa shape index (κ3) is 2.90. The first-order chi connectivity index (χ1) is 10.5. The minimum absolute atomic E-state index is 0.0493. The van der Waals surface area contributed by atoms with E-state index in [2.05, 4.69) is 20.9 Å². The second-order valence-electron chi connectivity index (χ2n) is 5.07. The molecule has 0 spiro atoms. The summed E-state index contributed by atoms with van der Waals surface area (Å²) in [6, 6.07) is 12.0. The maximum Gasteiger partial charge on any atom is 0.303 e. The predicted molar refractivity (Wildman–Crippen MR) is 87.3 cm³/mol. The van der Waals surface area contributed by atoms with E-state index >= 15 is 0 Å². The molecule has 3 nitrogen and oxygen atoms in total. The molecule has 0 saturated carbocycles. The van der Waals surface area contributed by atoms with Crippen molar-refractivity contribution in [2.45, 2.75) is 12.8 Å². The summed E-state index contributed by atoms with van der Waals surface area (Å²) in [6.07, 6.45) is 0.464. The summed E-state index contributed by atoms with van der Waals surface area (Å²) in [4.78, 5) is 14.2. The molecule has 0 aliphatic carbocycles. The van der Waals surface area contributed by atoms with Gasteiger partial charge in [0.05, 0.1) is 0 Å². The average Bonchev–Trinajstić information content (AvgIpc) is 2.83. The van der Waals surface area contributed by atoms with Gasteiger partial charge in [-0.15, -0.1) is 0 Å². The molecule has 3 rings (SSSR count). The molecule has 112 valence electrons. The van der Waals surface area contributed by atoms with Crippen LogP contribution in [0.4, 0.5) is 4.39 Å². The lowest BCUT2D eigenvalue weighted by molar-refractivity contribution is -0.136. The standard InChI is InChI=1S/C17H13BrFNO2/c18-11-3-7-15-14(9-11)13(6-8-16(21)22)17(20-15)10-1-4-12(19)5-2-10/h1-5,7,9,20H,6,8H2,(H,21,22). The molecule has 0 bridgehead atoms. The van der Waals surface area contributed by atoms with Gasteiger partial charge in [-0.25, -0.2) is 4.39 Å². The molecule has 0 aliphatic rings. The Bertz CT molecular complexity index is 840. The van der Waals surface area contributed by atoms with Crippen molar-refractivity contribution in [2.24, 2.45) is 0 Å². The molecule has 0 fully saturated rings. The monoisotopic (exact) mass is 361 g/mol. The van der Waals surface area contributed by atoms with E-state index in [0.717, 1.165) is 32.2 Å². The summed E-state index contributed by atoms with van der Waals surface area (Å²) in [5, 5.41) is 9.95. The Morgan fingerprint density at radius 3 is 2.59 bits per heavy atom. The number of benzene rings is 2. The third-order valence-corrected chi connectivity index (χ3v) is 4.08. The zero-order chi connectivity index (χ0) is 15.7. The van der Waals surface area contributed by atoms with Crippen LogP contribution in [-0.4, -0.2) is 16.1 Å². The van der Waals surface area contributed by atoms with E-state index in [1.54, 1.807) is 12.1 Å². The number of rotatable bonds is 4. The number of carbonyl (C=O) groups is 1. The fourth-order valence-electron chi connectivity index (χ4n) is 2.57. The highest BCUT2D eigenvalue weighted by Gasteiger charge is 2.14. The molecule has 0 unspecified atom stereocenters. The second-order valence-corrected chi connectivity index (χ2v) is 5.98. The van der Waals surface area contributed by atoms with Gasteiger partial charge in [-0.2, -0.15) is 0 Å². The number of hydrogen-bond acceptors (Lipinski definition) is 1. The smallest absolute Gasteiger partial charge is 0.303 e. The van der Waals surface area contributed by atoms with Crippen molar-refractivity contribution in [3.8, 4) is 11.3 Å². The van der Waals surface area contributed by atoms with Crippen LogP contribution in [0.1, 0.15) is 12.0 Å². The van der Waals surface area contributed by atoms with Crippen molar-refractivity contribution < 1.29 is 14.3 Å². The van der Waals surface area contributed by atoms with E-state index in [1.807, 2.05) is 18.2 Å². The van der Waals surface area contributed by atoms with Gasteiger partial charge in [-0.05, 0) is 60.0 Å². The predicted octanol–water partition coefficient (Wildman–Crippen LogP) is 4.75. The van der Waals surface area contributed by atoms with Gasteiger partial charge in [0.15, 0.2) is 0 Å². The van der Waals surface area contributed by atoms with Crippen LogP contribution in [-0.2, 0) is 11.2 Å². The number of aliphatic carboxylic acids is 1. The Morgan fingerprint density at radius 2 is 1.91 bits per heavy atom. The maximum atomic E-state index is 13.1. The Morgan fingerprint density at radius 1 is 1.18 bits per heavy atom. The van der Waals surface area contributed by atoms with Crippen molar-refractivity contribution in [3.05, 3.63) is 58.3 Å². The van der Waals surface area contributed by atoms with Crippen molar-refractivity contribution in [2.75, 3.05) is 0 Å². The summed E-state index contributed by atoms with van der Waals surface area (Å²) in [5.74, 6) is -1.14. The van der Waals surface area contributed by atoms with Gasteiger partial charge in [-0.1, -0.05) is 15.9 Å². The number of fused-ring (bicyclic) bond motifs is 1. The first-order valence-electron chi connectivity index (χ1n) is 6.82. The van der Waals surface area contributed by atoms with Crippen molar-refractivity contribution in [3.63, 3.8) is 0 Å². The topological polar surface area (TPSA) is 53.1 Å².